The predicted molar refractivity (Wildman–Crippen MR) is 45.9 cm³/mol. The first-order valence-electron chi connectivity index (χ1n) is 4.42. The van der Waals surface area contributed by atoms with Crippen LogP contribution in [0.15, 0.2) is 5.28 Å². The van der Waals surface area contributed by atoms with E-state index in [1.165, 1.54) is 11.9 Å². The fraction of sp³-hybridized carbons (Fsp3) is 0.857. The van der Waals surface area contributed by atoms with Crippen LogP contribution in [-0.2, 0) is 14.4 Å². The van der Waals surface area contributed by atoms with Gasteiger partial charge in [0.2, 0.25) is 5.28 Å². The van der Waals surface area contributed by atoms with E-state index in [0.29, 0.717) is 13.1 Å². The average molecular weight is 219 g/mol. The Morgan fingerprint density at radius 2 is 2.40 bits per heavy atom. The maximum absolute atomic E-state index is 11.1. The molecular formula is C7H13N3O5. The van der Waals surface area contributed by atoms with Crippen molar-refractivity contribution in [3.05, 3.63) is 5.21 Å². The second-order valence-corrected chi connectivity index (χ2v) is 3.14. The van der Waals surface area contributed by atoms with E-state index in [4.69, 9.17) is 5.11 Å². The smallest absolute Gasteiger partial charge is 0.305 e. The number of aliphatic hydroxyl groups excluding tert-OH is 1. The van der Waals surface area contributed by atoms with Gasteiger partial charge in [0.15, 0.2) is 0 Å². The molecule has 1 rings (SSSR count). The number of ether oxygens (including phenoxy) is 1. The molecule has 86 valence electrons. The summed E-state index contributed by atoms with van der Waals surface area (Å²) in [6.45, 7) is 1.78. The fourth-order valence-corrected chi connectivity index (χ4v) is 1.03. The molecule has 1 aliphatic heterocycles. The molecule has 0 atom stereocenters. The number of hydrogen-bond donors (Lipinski definition) is 1. The van der Waals surface area contributed by atoms with Crippen LogP contribution in [0, 0.1) is 11.1 Å². The lowest BCUT2D eigenvalue weighted by atomic mass is 10.0. The second-order valence-electron chi connectivity index (χ2n) is 3.14. The van der Waals surface area contributed by atoms with Crippen LogP contribution in [0.5, 0.6) is 0 Å². The summed E-state index contributed by atoms with van der Waals surface area (Å²) in [5.41, 5.74) is 0. The number of hydrogen-bond acceptors (Lipinski definition) is 6. The lowest BCUT2D eigenvalue weighted by molar-refractivity contribution is -0.727. The number of carbonyl (C=O) groups is 1. The Hall–Kier alpha value is -1.57. The molecule has 0 aromatic rings. The van der Waals surface area contributed by atoms with Crippen LogP contribution in [-0.4, -0.2) is 47.5 Å². The maximum Gasteiger partial charge on any atom is 0.305 e. The largest absolute Gasteiger partial charge is 0.569 e. The number of rotatable bonds is 5. The molecule has 0 radical (unpaired) electrons. The first kappa shape index (κ1) is 11.5. The van der Waals surface area contributed by atoms with Crippen LogP contribution >= 0.6 is 0 Å². The Morgan fingerprint density at radius 1 is 1.73 bits per heavy atom. The Kier molecular flexibility index (Phi) is 4.10. The van der Waals surface area contributed by atoms with Gasteiger partial charge in [-0.15, -0.1) is 5.01 Å². The van der Waals surface area contributed by atoms with Crippen LogP contribution in [0.2, 0.25) is 0 Å². The lowest BCUT2D eigenvalue weighted by Crippen LogP contribution is -2.51. The zero-order valence-electron chi connectivity index (χ0n) is 8.33. The van der Waals surface area contributed by atoms with Crippen LogP contribution in [0.3, 0.4) is 0 Å². The van der Waals surface area contributed by atoms with E-state index in [-0.39, 0.29) is 24.3 Å². The molecular weight excluding hydrogens is 206 g/mol. The van der Waals surface area contributed by atoms with Crippen molar-refractivity contribution in [1.82, 2.24) is 5.01 Å². The van der Waals surface area contributed by atoms with Crippen molar-refractivity contribution in [1.29, 1.82) is 0 Å². The van der Waals surface area contributed by atoms with Crippen LogP contribution in [0.4, 0.5) is 0 Å². The fourth-order valence-electron chi connectivity index (χ4n) is 1.03. The van der Waals surface area contributed by atoms with Gasteiger partial charge < -0.3 is 19.9 Å². The highest BCUT2D eigenvalue weighted by atomic mass is 16.8. The number of aliphatic hydroxyl groups is 1. The molecule has 0 unspecified atom stereocenters. The van der Waals surface area contributed by atoms with Gasteiger partial charge in [-0.2, -0.15) is 0 Å². The predicted octanol–water partition coefficient (Wildman–Crippen LogP) is -0.760. The second kappa shape index (κ2) is 5.35. The zero-order chi connectivity index (χ0) is 11.3. The highest BCUT2D eigenvalue weighted by Crippen LogP contribution is 2.14. The third kappa shape index (κ3) is 3.58. The molecule has 0 aliphatic carbocycles. The van der Waals surface area contributed by atoms with Crippen molar-refractivity contribution in [3.8, 4) is 0 Å². The summed E-state index contributed by atoms with van der Waals surface area (Å²) in [5.74, 6) is -0.392. The van der Waals surface area contributed by atoms with Gasteiger partial charge in [-0.05, 0) is 0 Å². The molecule has 15 heavy (non-hydrogen) atoms. The van der Waals surface area contributed by atoms with Crippen LogP contribution in [0.25, 0.3) is 0 Å². The molecule has 8 nitrogen and oxygen atoms in total. The molecule has 8 heteroatoms. The standard InChI is InChI=1S/C7H13N3O5/c1-6(12)14-5-15-8-10(13)9-2-7(3-9)4-11/h7,11H,2-5H2,1H3/b10-8+. The van der Waals surface area contributed by atoms with Gasteiger partial charge in [-0.25, -0.2) is 0 Å². The van der Waals surface area contributed by atoms with Gasteiger partial charge in [0, 0.05) is 19.4 Å². The first-order valence-corrected chi connectivity index (χ1v) is 4.42. The van der Waals surface area contributed by atoms with E-state index in [0.717, 1.165) is 0 Å². The van der Waals surface area contributed by atoms with Crippen molar-refractivity contribution in [2.45, 2.75) is 6.92 Å². The Labute approximate surface area is 86.2 Å². The molecule has 0 aromatic heterocycles. The van der Waals surface area contributed by atoms with Crippen LogP contribution < -0.4 is 0 Å². The van der Waals surface area contributed by atoms with Gasteiger partial charge >= 0.3 is 5.97 Å². The van der Waals surface area contributed by atoms with Crippen molar-refractivity contribution in [2.24, 2.45) is 11.2 Å². The van der Waals surface area contributed by atoms with Gasteiger partial charge in [-0.1, -0.05) is 0 Å². The molecule has 0 spiro atoms. The Morgan fingerprint density at radius 3 is 2.93 bits per heavy atom. The third-order valence-electron chi connectivity index (χ3n) is 1.88. The molecule has 1 fully saturated rings. The van der Waals surface area contributed by atoms with Gasteiger partial charge in [-0.3, -0.25) is 4.79 Å². The van der Waals surface area contributed by atoms with Gasteiger partial charge in [0.05, 0.1) is 18.1 Å². The molecule has 1 saturated heterocycles. The highest BCUT2D eigenvalue weighted by molar-refractivity contribution is 5.65. The minimum Gasteiger partial charge on any atom is -0.569 e. The lowest BCUT2D eigenvalue weighted by Gasteiger charge is -2.32. The summed E-state index contributed by atoms with van der Waals surface area (Å²) in [6, 6.07) is 0. The van der Waals surface area contributed by atoms with E-state index in [1.807, 2.05) is 0 Å². The number of carbonyl (C=O) groups excluding carboxylic acids is 1. The normalized spacial score (nSPS) is 17.2. The number of nitrogens with zero attached hydrogens (tertiary/aromatic N) is 3. The van der Waals surface area contributed by atoms with Crippen molar-refractivity contribution >= 4 is 5.97 Å². The van der Waals surface area contributed by atoms with Gasteiger partial charge in [0.1, 0.15) is 0 Å². The molecule has 1 N–H and O–H groups in total. The Bertz CT molecular complexity index is 251. The molecule has 0 bridgehead atoms. The minimum absolute atomic E-state index is 0.0542. The summed E-state index contributed by atoms with van der Waals surface area (Å²) in [6.07, 6.45) is 0. The first-order chi connectivity index (χ1) is 7.13. The number of hydrazine groups is 1. The Balaban J connectivity index is 2.14. The summed E-state index contributed by atoms with van der Waals surface area (Å²) in [7, 11) is 0. The SMILES string of the molecule is CC(=O)OCO/N=[N+](/[O-])N1CC(CO)C1. The third-order valence-corrected chi connectivity index (χ3v) is 1.88. The average Bonchev–Trinajstić information content (AvgIpc) is 2.10. The maximum atomic E-state index is 11.1. The van der Waals surface area contributed by atoms with Crippen molar-refractivity contribution < 1.29 is 24.4 Å². The molecule has 0 saturated carbocycles. The van der Waals surface area contributed by atoms with E-state index in [1.54, 1.807) is 0 Å². The van der Waals surface area contributed by atoms with Crippen molar-refractivity contribution in [2.75, 3.05) is 26.5 Å². The van der Waals surface area contributed by atoms with E-state index in [2.05, 4.69) is 14.9 Å². The van der Waals surface area contributed by atoms with Crippen molar-refractivity contribution in [3.63, 3.8) is 0 Å². The highest BCUT2D eigenvalue weighted by Gasteiger charge is 2.32. The summed E-state index contributed by atoms with van der Waals surface area (Å²) in [5, 5.41) is 24.2. The van der Waals surface area contributed by atoms with Crippen LogP contribution in [0.1, 0.15) is 6.92 Å². The summed E-state index contributed by atoms with van der Waals surface area (Å²) < 4.78 is 4.39. The summed E-state index contributed by atoms with van der Waals surface area (Å²) in [4.78, 5) is 15.0. The molecule has 0 aromatic carbocycles. The van der Waals surface area contributed by atoms with Gasteiger partial charge in [0.25, 0.3) is 6.79 Å². The monoisotopic (exact) mass is 219 g/mol. The van der Waals surface area contributed by atoms with E-state index < -0.39 is 5.97 Å². The molecule has 1 aliphatic rings. The quantitative estimate of drug-likeness (QED) is 0.163. The summed E-state index contributed by atoms with van der Waals surface area (Å²) >= 11 is 0. The van der Waals surface area contributed by atoms with E-state index >= 15 is 0 Å². The molecule has 0 amide bonds. The minimum atomic E-state index is -0.507. The number of esters is 1. The van der Waals surface area contributed by atoms with E-state index in [9.17, 15) is 10.0 Å². The zero-order valence-corrected chi connectivity index (χ0v) is 8.33. The topological polar surface area (TPSA) is 97.4 Å². The molecule has 1 heterocycles.